The van der Waals surface area contributed by atoms with Gasteiger partial charge in [-0.2, -0.15) is 17.5 Å². The van der Waals surface area contributed by atoms with Gasteiger partial charge in [0, 0.05) is 67.5 Å². The fourth-order valence-corrected chi connectivity index (χ4v) is 14.1. The van der Waals surface area contributed by atoms with Crippen molar-refractivity contribution in [3.05, 3.63) is 97.1 Å². The minimum atomic E-state index is -4.73. The molecule has 5 atom stereocenters. The fraction of sp³-hybridized carbons (Fsp3) is 0.500. The zero-order valence-electron chi connectivity index (χ0n) is 41.8. The maximum absolute atomic E-state index is 15.3. The van der Waals surface area contributed by atoms with E-state index in [1.165, 1.54) is 15.3 Å². The Morgan fingerprint density at radius 2 is 1.59 bits per heavy atom. The lowest BCUT2D eigenvalue weighted by molar-refractivity contribution is -0.148. The number of ketones is 1. The van der Waals surface area contributed by atoms with Crippen molar-refractivity contribution < 1.29 is 58.7 Å². The quantitative estimate of drug-likeness (QED) is 0.0953. The molecule has 3 saturated carbocycles. The van der Waals surface area contributed by atoms with Crippen LogP contribution in [-0.4, -0.2) is 116 Å². The summed E-state index contributed by atoms with van der Waals surface area (Å²) in [7, 11) is -6.73. The first-order chi connectivity index (χ1) is 34.9. The summed E-state index contributed by atoms with van der Waals surface area (Å²) in [6.45, 7) is 9.52. The first kappa shape index (κ1) is 53.0. The molecule has 0 spiro atoms. The van der Waals surface area contributed by atoms with Crippen LogP contribution in [0.2, 0.25) is 0 Å². The number of ether oxygens (including phenoxy) is 2. The number of carbonyl (C=O) groups is 4. The zero-order valence-corrected chi connectivity index (χ0v) is 43.5. The van der Waals surface area contributed by atoms with E-state index >= 15 is 4.79 Å². The Hall–Kier alpha value is -5.86. The van der Waals surface area contributed by atoms with Crippen LogP contribution in [0.1, 0.15) is 90.5 Å². The van der Waals surface area contributed by atoms with Crippen molar-refractivity contribution in [1.29, 1.82) is 0 Å². The Labute approximate surface area is 429 Å². The number of alkyl halides is 3. The van der Waals surface area contributed by atoms with Crippen molar-refractivity contribution in [1.82, 2.24) is 23.8 Å². The second-order valence-electron chi connectivity index (χ2n) is 21.6. The summed E-state index contributed by atoms with van der Waals surface area (Å²) in [5.41, 5.74) is -1.31. The van der Waals surface area contributed by atoms with Crippen molar-refractivity contribution in [2.24, 2.45) is 22.7 Å². The number of hydrogen-bond donors (Lipinski definition) is 1. The number of allylic oxidation sites excluding steroid dienone is 1. The molecule has 4 aromatic rings. The highest BCUT2D eigenvalue weighted by atomic mass is 32.2. The third kappa shape index (κ3) is 10.9. The Morgan fingerprint density at radius 3 is 2.20 bits per heavy atom. The molecule has 3 heterocycles. The van der Waals surface area contributed by atoms with Crippen LogP contribution >= 0.6 is 0 Å². The SMILES string of the molecule is C=C[C@@H]1C[C@]1(CC(=O)[C@@H]1C[C@@H](Oc2cc(-c3ccccc3)nc3cc(OC)ccc23)CN1C(=O)[C@@H](CC(=O)N1CCC(N(C2CC2)S(=O)(=O)c2cccc(C(F)(F)F)c2)CC1)C(C)(C)C)C(=O)NS(=O)(=O)C1CC1. The van der Waals surface area contributed by atoms with Gasteiger partial charge < -0.3 is 19.3 Å². The second kappa shape index (κ2) is 20.0. The average molecular weight is 1060 g/mol. The molecule has 396 valence electrons. The van der Waals surface area contributed by atoms with E-state index in [-0.39, 0.29) is 70.1 Å². The number of benzene rings is 3. The number of sulfonamides is 2. The molecule has 0 bridgehead atoms. The van der Waals surface area contributed by atoms with E-state index in [0.29, 0.717) is 59.8 Å². The number of nitrogens with one attached hydrogen (secondary N) is 1. The van der Waals surface area contributed by atoms with Crippen molar-refractivity contribution >= 4 is 54.5 Å². The summed E-state index contributed by atoms with van der Waals surface area (Å²) in [6, 6.07) is 18.3. The number of aromatic nitrogens is 1. The van der Waals surface area contributed by atoms with Crippen molar-refractivity contribution in [2.75, 3.05) is 26.7 Å². The molecule has 0 unspecified atom stereocenters. The summed E-state index contributed by atoms with van der Waals surface area (Å²) in [4.78, 5) is 66.0. The van der Waals surface area contributed by atoms with E-state index in [0.717, 1.165) is 23.8 Å². The number of hydrogen-bond acceptors (Lipinski definition) is 11. The molecule has 3 aromatic carbocycles. The van der Waals surface area contributed by atoms with Gasteiger partial charge in [-0.1, -0.05) is 63.2 Å². The van der Waals surface area contributed by atoms with Gasteiger partial charge in [0.2, 0.25) is 37.8 Å². The summed E-state index contributed by atoms with van der Waals surface area (Å²) < 4.78 is 111. The van der Waals surface area contributed by atoms with E-state index in [1.807, 2.05) is 57.2 Å². The molecule has 2 saturated heterocycles. The average Bonchev–Trinajstić information content (AvgIpc) is 4.28. The zero-order chi connectivity index (χ0) is 53.1. The minimum absolute atomic E-state index is 0.0151. The Bertz CT molecular complexity index is 3080. The van der Waals surface area contributed by atoms with Crippen LogP contribution in [0.25, 0.3) is 22.2 Å². The van der Waals surface area contributed by atoms with Gasteiger partial charge in [0.25, 0.3) is 0 Å². The molecule has 20 heteroatoms. The summed E-state index contributed by atoms with van der Waals surface area (Å²) in [5.74, 6) is -2.57. The molecule has 1 aromatic heterocycles. The topological polar surface area (TPSA) is 190 Å². The number of carbonyl (C=O) groups excluding carboxylic acids is 4. The smallest absolute Gasteiger partial charge is 0.416 e. The first-order valence-corrected chi connectivity index (χ1v) is 28.1. The molecule has 0 radical (unpaired) electrons. The van der Waals surface area contributed by atoms with Crippen LogP contribution in [0, 0.1) is 22.7 Å². The van der Waals surface area contributed by atoms with Crippen LogP contribution in [0.4, 0.5) is 13.2 Å². The molecular formula is C54H62F3N5O10S2. The minimum Gasteiger partial charge on any atom is -0.497 e. The van der Waals surface area contributed by atoms with Crippen LogP contribution in [0.3, 0.4) is 0 Å². The first-order valence-electron chi connectivity index (χ1n) is 25.1. The number of piperidine rings is 1. The van der Waals surface area contributed by atoms with Gasteiger partial charge in [0.15, 0.2) is 5.78 Å². The largest absolute Gasteiger partial charge is 0.497 e. The van der Waals surface area contributed by atoms with Gasteiger partial charge in [-0.3, -0.25) is 23.9 Å². The predicted octanol–water partition coefficient (Wildman–Crippen LogP) is 7.93. The molecule has 3 amide bonds. The molecule has 2 aliphatic heterocycles. The number of nitrogens with zero attached hydrogens (tertiary/aromatic N) is 4. The van der Waals surface area contributed by atoms with Gasteiger partial charge in [0.1, 0.15) is 17.6 Å². The van der Waals surface area contributed by atoms with Crippen LogP contribution in [0.5, 0.6) is 11.5 Å². The lowest BCUT2D eigenvalue weighted by Crippen LogP contribution is -2.51. The number of Topliss-reactive ketones (excluding diaryl/α,β-unsaturated/α-hetero) is 1. The lowest BCUT2D eigenvalue weighted by Gasteiger charge is -2.39. The van der Waals surface area contributed by atoms with Gasteiger partial charge in [-0.05, 0) is 86.6 Å². The lowest BCUT2D eigenvalue weighted by atomic mass is 9.77. The third-order valence-corrected chi connectivity index (χ3v) is 19.2. The van der Waals surface area contributed by atoms with Gasteiger partial charge in [-0.15, -0.1) is 6.58 Å². The van der Waals surface area contributed by atoms with Gasteiger partial charge in [-0.25, -0.2) is 21.8 Å². The summed E-state index contributed by atoms with van der Waals surface area (Å²) >= 11 is 0. The molecule has 5 aliphatic rings. The number of halogens is 3. The van der Waals surface area contributed by atoms with E-state index in [9.17, 15) is 44.4 Å². The molecule has 74 heavy (non-hydrogen) atoms. The Morgan fingerprint density at radius 1 is 0.905 bits per heavy atom. The highest BCUT2D eigenvalue weighted by Gasteiger charge is 2.62. The number of rotatable bonds is 18. The molecule has 1 N–H and O–H groups in total. The summed E-state index contributed by atoms with van der Waals surface area (Å²) in [5, 5.41) is -0.0309. The van der Waals surface area contributed by atoms with E-state index in [4.69, 9.17) is 14.5 Å². The highest BCUT2D eigenvalue weighted by molar-refractivity contribution is 7.91. The number of amides is 3. The predicted molar refractivity (Wildman–Crippen MR) is 269 cm³/mol. The van der Waals surface area contributed by atoms with Crippen molar-refractivity contribution in [2.45, 2.75) is 126 Å². The Balaban J connectivity index is 0.970. The second-order valence-corrected chi connectivity index (χ2v) is 25.4. The van der Waals surface area contributed by atoms with Crippen LogP contribution < -0.4 is 14.2 Å². The van der Waals surface area contributed by atoms with Crippen molar-refractivity contribution in [3.8, 4) is 22.8 Å². The fourth-order valence-electron chi connectivity index (χ4n) is 10.7. The Kier molecular flexibility index (Phi) is 14.3. The van der Waals surface area contributed by atoms with Crippen LogP contribution in [0.15, 0.2) is 96.4 Å². The normalized spacial score (nSPS) is 23.1. The number of methoxy groups -OCH3 is 1. The highest BCUT2D eigenvalue weighted by Crippen LogP contribution is 2.57. The monoisotopic (exact) mass is 1060 g/mol. The molecule has 15 nitrogen and oxygen atoms in total. The molecule has 9 rings (SSSR count). The number of likely N-dealkylation sites (tertiary alicyclic amines) is 2. The number of fused-ring (bicyclic) bond motifs is 1. The van der Waals surface area contributed by atoms with Crippen molar-refractivity contribution in [3.63, 3.8) is 0 Å². The standard InChI is InChI=1S/C54H62F3N5O10S2/c1-6-34-30-53(34,51(66)59-73(67,68)40-18-19-40)31-47(63)46-27-39(72-48-29-44(33-11-8-7-9-12-33)58-45-26-38(71-5)17-20-42(45)48)32-61(46)50(65)43(52(2,3)4)28-49(64)60-23-21-37(22-24-60)62(36-15-16-36)74(69,70)41-14-10-13-35(25-41)54(55,56)57/h6-14,17,20,25-26,29,34,36-37,39-40,43,46H,1,15-16,18-19,21-24,27-28,30-32H2,2-5H3,(H,59,66)/t34-,39-,43-,46+,53-/m1/s1. The number of pyridine rings is 1. The molecular weight excluding hydrogens is 1000 g/mol. The van der Waals surface area contributed by atoms with Gasteiger partial charge >= 0.3 is 6.18 Å². The van der Waals surface area contributed by atoms with E-state index in [1.54, 1.807) is 30.2 Å². The van der Waals surface area contributed by atoms with E-state index in [2.05, 4.69) is 11.3 Å². The molecule has 3 aliphatic carbocycles. The molecule has 5 fully saturated rings. The maximum Gasteiger partial charge on any atom is 0.416 e. The van der Waals surface area contributed by atoms with Gasteiger partial charge in [0.05, 0.1) is 57.9 Å². The van der Waals surface area contributed by atoms with E-state index < -0.39 is 100 Å². The maximum atomic E-state index is 15.3. The third-order valence-electron chi connectivity index (χ3n) is 15.4. The summed E-state index contributed by atoms with van der Waals surface area (Å²) in [6.07, 6.45) is -1.96. The van der Waals surface area contributed by atoms with Crippen LogP contribution in [-0.2, 0) is 45.4 Å².